The minimum atomic E-state index is -0.588. The van der Waals surface area contributed by atoms with E-state index in [-0.39, 0.29) is 11.2 Å². The van der Waals surface area contributed by atoms with Gasteiger partial charge in [-0.15, -0.1) is 0 Å². The average Bonchev–Trinajstić information content (AvgIpc) is 3.06. The summed E-state index contributed by atoms with van der Waals surface area (Å²) >= 11 is 1.39. The summed E-state index contributed by atoms with van der Waals surface area (Å²) in [7, 11) is 0. The molecule has 0 aliphatic heterocycles. The van der Waals surface area contributed by atoms with Crippen molar-refractivity contribution >= 4 is 38.4 Å². The van der Waals surface area contributed by atoms with Crippen LogP contribution < -0.4 is 15.0 Å². The predicted octanol–water partition coefficient (Wildman–Crippen LogP) is 3.97. The normalized spacial score (nSPS) is 12.0. The Morgan fingerprint density at radius 3 is 2.79 bits per heavy atom. The van der Waals surface area contributed by atoms with Crippen molar-refractivity contribution in [2.24, 2.45) is 4.99 Å². The lowest BCUT2D eigenvalue weighted by molar-refractivity contribution is 0.0972. The molecule has 4 aromatic rings. The zero-order chi connectivity index (χ0) is 19.7. The summed E-state index contributed by atoms with van der Waals surface area (Å²) in [5.41, 5.74) is 1.01. The molecule has 0 bridgehead atoms. The van der Waals surface area contributed by atoms with Crippen molar-refractivity contribution < 1.29 is 13.9 Å². The lowest BCUT2D eigenvalue weighted by Gasteiger charge is -2.07. The van der Waals surface area contributed by atoms with E-state index in [0.717, 1.165) is 16.0 Å². The molecular formula is C21H18N2O4S. The molecule has 0 spiro atoms. The van der Waals surface area contributed by atoms with Gasteiger partial charge in [-0.25, -0.2) is 0 Å². The molecule has 4 rings (SSSR count). The maximum atomic E-state index is 12.7. The Hall–Kier alpha value is -3.19. The average molecular weight is 394 g/mol. The van der Waals surface area contributed by atoms with E-state index in [1.807, 2.05) is 36.6 Å². The first-order valence-electron chi connectivity index (χ1n) is 8.99. The molecule has 0 aliphatic rings. The minimum Gasteiger partial charge on any atom is -0.492 e. The Morgan fingerprint density at radius 2 is 2.00 bits per heavy atom. The summed E-state index contributed by atoms with van der Waals surface area (Å²) in [6.07, 6.45) is 0. The maximum absolute atomic E-state index is 12.7. The van der Waals surface area contributed by atoms with E-state index >= 15 is 0 Å². The Morgan fingerprint density at radius 1 is 1.18 bits per heavy atom. The molecule has 0 fully saturated rings. The van der Waals surface area contributed by atoms with Gasteiger partial charge < -0.3 is 13.7 Å². The summed E-state index contributed by atoms with van der Waals surface area (Å²) in [5.74, 6) is 0.0904. The van der Waals surface area contributed by atoms with E-state index in [4.69, 9.17) is 9.15 Å². The van der Waals surface area contributed by atoms with Crippen LogP contribution in [-0.4, -0.2) is 17.1 Å². The number of hydrogen-bond donors (Lipinski definition) is 0. The van der Waals surface area contributed by atoms with E-state index in [2.05, 4.69) is 4.99 Å². The Bertz CT molecular complexity index is 1310. The van der Waals surface area contributed by atoms with E-state index < -0.39 is 5.91 Å². The standard InChI is InChI=1S/C21H18N2O4S/c1-3-23-19-16(26-4-2)10-7-11-18(19)28-21(23)22-20(25)17-12-14(24)13-8-5-6-9-15(13)27-17/h5-12H,3-4H2,1-2H3. The van der Waals surface area contributed by atoms with Gasteiger partial charge in [0.15, 0.2) is 16.0 Å². The molecule has 2 aromatic heterocycles. The molecule has 0 atom stereocenters. The number of rotatable bonds is 4. The van der Waals surface area contributed by atoms with Crippen LogP contribution in [0, 0.1) is 0 Å². The van der Waals surface area contributed by atoms with Gasteiger partial charge in [0.05, 0.1) is 16.7 Å². The fourth-order valence-electron chi connectivity index (χ4n) is 3.10. The third kappa shape index (κ3) is 3.14. The number of aromatic nitrogens is 1. The van der Waals surface area contributed by atoms with Gasteiger partial charge in [-0.2, -0.15) is 4.99 Å². The zero-order valence-electron chi connectivity index (χ0n) is 15.5. The van der Waals surface area contributed by atoms with Gasteiger partial charge in [-0.05, 0) is 38.1 Å². The van der Waals surface area contributed by atoms with Gasteiger partial charge >= 0.3 is 5.91 Å². The second kappa shape index (κ2) is 7.44. The van der Waals surface area contributed by atoms with Crippen LogP contribution >= 0.6 is 11.3 Å². The molecule has 6 nitrogen and oxygen atoms in total. The predicted molar refractivity (Wildman–Crippen MR) is 109 cm³/mol. The monoisotopic (exact) mass is 394 g/mol. The van der Waals surface area contributed by atoms with Crippen LogP contribution in [0.15, 0.2) is 62.7 Å². The van der Waals surface area contributed by atoms with Crippen LogP contribution in [0.1, 0.15) is 24.4 Å². The quantitative estimate of drug-likeness (QED) is 0.525. The van der Waals surface area contributed by atoms with Crippen molar-refractivity contribution in [1.82, 2.24) is 4.57 Å². The largest absolute Gasteiger partial charge is 0.492 e. The van der Waals surface area contributed by atoms with E-state index in [1.54, 1.807) is 24.3 Å². The second-order valence-corrected chi connectivity index (χ2v) is 7.06. The van der Waals surface area contributed by atoms with Gasteiger partial charge in [0.1, 0.15) is 16.8 Å². The number of carbonyl (C=O) groups excluding carboxylic acids is 1. The smallest absolute Gasteiger partial charge is 0.315 e. The molecule has 28 heavy (non-hydrogen) atoms. The highest BCUT2D eigenvalue weighted by atomic mass is 32.1. The second-order valence-electron chi connectivity index (χ2n) is 6.05. The number of aryl methyl sites for hydroxylation is 1. The number of hydrogen-bond acceptors (Lipinski definition) is 5. The van der Waals surface area contributed by atoms with Gasteiger partial charge in [0.25, 0.3) is 0 Å². The summed E-state index contributed by atoms with van der Waals surface area (Å²) < 4.78 is 14.2. The van der Waals surface area contributed by atoms with E-state index in [9.17, 15) is 9.59 Å². The van der Waals surface area contributed by atoms with E-state index in [0.29, 0.717) is 28.9 Å². The van der Waals surface area contributed by atoms with Gasteiger partial charge in [-0.3, -0.25) is 9.59 Å². The van der Waals surface area contributed by atoms with Crippen LogP contribution in [0.25, 0.3) is 21.2 Å². The summed E-state index contributed by atoms with van der Waals surface area (Å²) in [4.78, 5) is 29.8. The first-order valence-corrected chi connectivity index (χ1v) is 9.81. The van der Waals surface area contributed by atoms with Gasteiger partial charge in [-0.1, -0.05) is 29.5 Å². The summed E-state index contributed by atoms with van der Waals surface area (Å²) in [6, 6.07) is 13.8. The minimum absolute atomic E-state index is 0.0751. The summed E-state index contributed by atoms with van der Waals surface area (Å²) in [5, 5.41) is 0.436. The van der Waals surface area contributed by atoms with Crippen molar-refractivity contribution in [3.05, 3.63) is 69.3 Å². The van der Waals surface area contributed by atoms with Crippen molar-refractivity contribution in [1.29, 1.82) is 0 Å². The van der Waals surface area contributed by atoms with Crippen LogP contribution in [0.4, 0.5) is 0 Å². The van der Waals surface area contributed by atoms with Crippen molar-refractivity contribution in [3.8, 4) is 5.75 Å². The number of amides is 1. The highest BCUT2D eigenvalue weighted by molar-refractivity contribution is 7.16. The molecule has 0 radical (unpaired) electrons. The molecular weight excluding hydrogens is 376 g/mol. The highest BCUT2D eigenvalue weighted by Crippen LogP contribution is 2.27. The molecule has 2 heterocycles. The van der Waals surface area contributed by atoms with Gasteiger partial charge in [0, 0.05) is 12.6 Å². The number of carbonyl (C=O) groups is 1. The van der Waals surface area contributed by atoms with Crippen LogP contribution in [-0.2, 0) is 6.54 Å². The number of ether oxygens (including phenoxy) is 1. The van der Waals surface area contributed by atoms with Crippen LogP contribution in [0.5, 0.6) is 5.75 Å². The van der Waals surface area contributed by atoms with Crippen molar-refractivity contribution in [3.63, 3.8) is 0 Å². The van der Waals surface area contributed by atoms with Crippen LogP contribution in [0.3, 0.4) is 0 Å². The first-order chi connectivity index (χ1) is 13.6. The molecule has 2 aromatic carbocycles. The Labute approximate surface area is 164 Å². The molecule has 142 valence electrons. The number of nitrogens with zero attached hydrogens (tertiary/aromatic N) is 2. The number of benzene rings is 2. The molecule has 0 saturated heterocycles. The number of fused-ring (bicyclic) bond motifs is 2. The molecule has 0 saturated carbocycles. The highest BCUT2D eigenvalue weighted by Gasteiger charge is 2.15. The molecule has 0 N–H and O–H groups in total. The molecule has 7 heteroatoms. The third-order valence-electron chi connectivity index (χ3n) is 4.32. The SMILES string of the molecule is CCOc1cccc2sc(=NC(=O)c3cc(=O)c4ccccc4o3)n(CC)c12. The lowest BCUT2D eigenvalue weighted by Crippen LogP contribution is -2.17. The zero-order valence-corrected chi connectivity index (χ0v) is 16.3. The fraction of sp³-hybridized carbons (Fsp3) is 0.190. The fourth-order valence-corrected chi connectivity index (χ4v) is 4.21. The maximum Gasteiger partial charge on any atom is 0.315 e. The van der Waals surface area contributed by atoms with Crippen molar-refractivity contribution in [2.75, 3.05) is 6.61 Å². The van der Waals surface area contributed by atoms with Crippen LogP contribution in [0.2, 0.25) is 0 Å². The third-order valence-corrected chi connectivity index (χ3v) is 5.37. The topological polar surface area (TPSA) is 73.8 Å². The first kappa shape index (κ1) is 18.2. The molecule has 0 unspecified atom stereocenters. The van der Waals surface area contributed by atoms with E-state index in [1.165, 1.54) is 17.4 Å². The molecule has 0 aliphatic carbocycles. The van der Waals surface area contributed by atoms with Gasteiger partial charge in [0.2, 0.25) is 0 Å². The number of thiazole rings is 1. The van der Waals surface area contributed by atoms with Crippen molar-refractivity contribution in [2.45, 2.75) is 20.4 Å². The Kier molecular flexibility index (Phi) is 4.83. The Balaban J connectivity index is 1.87. The summed E-state index contributed by atoms with van der Waals surface area (Å²) in [6.45, 7) is 5.08. The lowest BCUT2D eigenvalue weighted by atomic mass is 10.2. The molecule has 1 amide bonds. The number of para-hydroxylation sites is 2.